The van der Waals surface area contributed by atoms with Crippen LogP contribution < -0.4 is 0 Å². The first-order chi connectivity index (χ1) is 10.2. The third kappa shape index (κ3) is 3.65. The maximum atomic E-state index is 13.6. The lowest BCUT2D eigenvalue weighted by Crippen LogP contribution is -2.45. The molecule has 2 heterocycles. The van der Waals surface area contributed by atoms with Gasteiger partial charge in [-0.05, 0) is 18.2 Å². The molecule has 0 radical (unpaired) electrons. The predicted molar refractivity (Wildman–Crippen MR) is 73.4 cm³/mol. The highest BCUT2D eigenvalue weighted by atomic mass is 19.1. The highest BCUT2D eigenvalue weighted by Crippen LogP contribution is 2.15. The van der Waals surface area contributed by atoms with Crippen LogP contribution in [-0.4, -0.2) is 41.1 Å². The van der Waals surface area contributed by atoms with Crippen LogP contribution >= 0.6 is 0 Å². The summed E-state index contributed by atoms with van der Waals surface area (Å²) in [7, 11) is 0. The summed E-state index contributed by atoms with van der Waals surface area (Å²) >= 11 is 0. The van der Waals surface area contributed by atoms with Gasteiger partial charge >= 0.3 is 0 Å². The maximum Gasteiger partial charge on any atom is 0.150 e. The summed E-state index contributed by atoms with van der Waals surface area (Å²) in [6.07, 6.45) is 1.64. The van der Waals surface area contributed by atoms with Crippen LogP contribution in [0.2, 0.25) is 0 Å². The van der Waals surface area contributed by atoms with E-state index in [1.165, 1.54) is 12.1 Å². The number of piperazine rings is 1. The maximum absolute atomic E-state index is 13.6. The van der Waals surface area contributed by atoms with Gasteiger partial charge in [0.2, 0.25) is 0 Å². The minimum absolute atomic E-state index is 0.347. The molecule has 1 aliphatic rings. The Hall–Kier alpha value is -1.79. The molecule has 2 aromatic rings. The number of hydrogen-bond donors (Lipinski definition) is 0. The molecule has 0 spiro atoms. The van der Waals surface area contributed by atoms with Crippen LogP contribution in [0.15, 0.2) is 35.0 Å². The van der Waals surface area contributed by atoms with E-state index in [2.05, 4.69) is 15.0 Å². The fraction of sp³-hybridized carbons (Fsp3) is 0.400. The molecule has 1 aromatic carbocycles. The van der Waals surface area contributed by atoms with Crippen LogP contribution in [-0.2, 0) is 13.1 Å². The Morgan fingerprint density at radius 2 is 1.71 bits per heavy atom. The monoisotopic (exact) mass is 293 g/mol. The second-order valence-corrected chi connectivity index (χ2v) is 5.27. The summed E-state index contributed by atoms with van der Waals surface area (Å²) in [5.41, 5.74) is 0.415. The third-order valence-electron chi connectivity index (χ3n) is 3.74. The SMILES string of the molecule is Fc1ccc(F)c(CN2CCN(Cc3ccno3)CC2)c1. The van der Waals surface area contributed by atoms with Crippen molar-refractivity contribution in [1.82, 2.24) is 15.0 Å². The van der Waals surface area contributed by atoms with Crippen molar-refractivity contribution in [3.8, 4) is 0 Å². The molecular weight excluding hydrogens is 276 g/mol. The number of benzene rings is 1. The quantitative estimate of drug-likeness (QED) is 0.865. The first kappa shape index (κ1) is 14.2. The first-order valence-electron chi connectivity index (χ1n) is 6.99. The van der Waals surface area contributed by atoms with Crippen molar-refractivity contribution in [2.45, 2.75) is 13.1 Å². The van der Waals surface area contributed by atoms with Crippen LogP contribution in [0.4, 0.5) is 8.78 Å². The van der Waals surface area contributed by atoms with E-state index >= 15 is 0 Å². The van der Waals surface area contributed by atoms with E-state index in [0.29, 0.717) is 12.1 Å². The van der Waals surface area contributed by atoms with Crippen LogP contribution in [0.1, 0.15) is 11.3 Å². The van der Waals surface area contributed by atoms with Crippen LogP contribution in [0.3, 0.4) is 0 Å². The summed E-state index contributed by atoms with van der Waals surface area (Å²) < 4.78 is 31.9. The van der Waals surface area contributed by atoms with E-state index in [1.807, 2.05) is 6.07 Å². The third-order valence-corrected chi connectivity index (χ3v) is 3.74. The molecule has 0 atom stereocenters. The van der Waals surface area contributed by atoms with Crippen LogP contribution in [0, 0.1) is 11.6 Å². The average molecular weight is 293 g/mol. The second kappa shape index (κ2) is 6.32. The Bertz CT molecular complexity index is 581. The number of halogens is 2. The molecule has 3 rings (SSSR count). The van der Waals surface area contributed by atoms with Gasteiger partial charge in [-0.1, -0.05) is 5.16 Å². The molecule has 1 saturated heterocycles. The van der Waals surface area contributed by atoms with Crippen LogP contribution in [0.5, 0.6) is 0 Å². The van der Waals surface area contributed by atoms with E-state index < -0.39 is 5.82 Å². The van der Waals surface area contributed by atoms with Gasteiger partial charge in [0.25, 0.3) is 0 Å². The van der Waals surface area contributed by atoms with Gasteiger partial charge in [0.1, 0.15) is 11.6 Å². The number of hydrogen-bond acceptors (Lipinski definition) is 4. The zero-order valence-corrected chi connectivity index (χ0v) is 11.6. The minimum Gasteiger partial charge on any atom is -0.360 e. The van der Waals surface area contributed by atoms with Gasteiger partial charge in [0.05, 0.1) is 12.7 Å². The molecule has 4 nitrogen and oxygen atoms in total. The van der Waals surface area contributed by atoms with E-state index in [1.54, 1.807) is 6.20 Å². The van der Waals surface area contributed by atoms with Gasteiger partial charge in [-0.15, -0.1) is 0 Å². The minimum atomic E-state index is -0.393. The molecule has 0 unspecified atom stereocenters. The molecule has 21 heavy (non-hydrogen) atoms. The van der Waals surface area contributed by atoms with E-state index in [4.69, 9.17) is 4.52 Å². The molecule has 1 aliphatic heterocycles. The standard InChI is InChI=1S/C15H17F2N3O/c16-13-1-2-15(17)12(9-13)10-19-5-7-20(8-6-19)11-14-3-4-18-21-14/h1-4,9H,5-8,10-11H2. The van der Waals surface area contributed by atoms with E-state index in [0.717, 1.165) is 44.6 Å². The second-order valence-electron chi connectivity index (χ2n) is 5.27. The fourth-order valence-corrected chi connectivity index (χ4v) is 2.55. The van der Waals surface area contributed by atoms with Gasteiger partial charge in [0.15, 0.2) is 5.76 Å². The van der Waals surface area contributed by atoms with Gasteiger partial charge in [-0.25, -0.2) is 8.78 Å². The van der Waals surface area contributed by atoms with Gasteiger partial charge < -0.3 is 4.52 Å². The van der Waals surface area contributed by atoms with Gasteiger partial charge in [-0.2, -0.15) is 0 Å². The Balaban J connectivity index is 1.52. The Morgan fingerprint density at radius 1 is 1.00 bits per heavy atom. The van der Waals surface area contributed by atoms with Crippen molar-refractivity contribution in [3.63, 3.8) is 0 Å². The van der Waals surface area contributed by atoms with Crippen molar-refractivity contribution >= 4 is 0 Å². The van der Waals surface area contributed by atoms with Gasteiger partial charge in [-0.3, -0.25) is 9.80 Å². The molecule has 0 aliphatic carbocycles. The molecule has 1 fully saturated rings. The van der Waals surface area contributed by atoms with Crippen molar-refractivity contribution in [2.75, 3.05) is 26.2 Å². The summed E-state index contributed by atoms with van der Waals surface area (Å²) in [4.78, 5) is 4.40. The molecule has 0 bridgehead atoms. The lowest BCUT2D eigenvalue weighted by Gasteiger charge is -2.34. The smallest absolute Gasteiger partial charge is 0.150 e. The molecule has 112 valence electrons. The summed E-state index contributed by atoms with van der Waals surface area (Å²) in [6.45, 7) is 4.57. The summed E-state index contributed by atoms with van der Waals surface area (Å²) in [6, 6.07) is 5.46. The zero-order valence-electron chi connectivity index (χ0n) is 11.6. The van der Waals surface area contributed by atoms with Crippen molar-refractivity contribution in [3.05, 3.63) is 53.4 Å². The zero-order chi connectivity index (χ0) is 14.7. The van der Waals surface area contributed by atoms with E-state index in [-0.39, 0.29) is 5.82 Å². The fourth-order valence-electron chi connectivity index (χ4n) is 2.55. The van der Waals surface area contributed by atoms with Crippen molar-refractivity contribution in [1.29, 1.82) is 0 Å². The number of aromatic nitrogens is 1. The Morgan fingerprint density at radius 3 is 2.38 bits per heavy atom. The molecule has 0 amide bonds. The first-order valence-corrected chi connectivity index (χ1v) is 6.99. The lowest BCUT2D eigenvalue weighted by atomic mass is 10.1. The number of nitrogens with zero attached hydrogens (tertiary/aromatic N) is 3. The lowest BCUT2D eigenvalue weighted by molar-refractivity contribution is 0.113. The normalized spacial score (nSPS) is 17.2. The average Bonchev–Trinajstić information content (AvgIpc) is 2.98. The summed E-state index contributed by atoms with van der Waals surface area (Å²) in [5.74, 6) is 0.107. The highest BCUT2D eigenvalue weighted by Gasteiger charge is 2.19. The Kier molecular flexibility index (Phi) is 4.26. The van der Waals surface area contributed by atoms with Crippen LogP contribution in [0.25, 0.3) is 0 Å². The van der Waals surface area contributed by atoms with Crippen molar-refractivity contribution < 1.29 is 13.3 Å². The molecule has 0 saturated carbocycles. The molecular formula is C15H17F2N3O. The summed E-state index contributed by atoms with van der Waals surface area (Å²) in [5, 5.41) is 3.69. The predicted octanol–water partition coefficient (Wildman–Crippen LogP) is 2.27. The van der Waals surface area contributed by atoms with E-state index in [9.17, 15) is 8.78 Å². The largest absolute Gasteiger partial charge is 0.360 e. The highest BCUT2D eigenvalue weighted by molar-refractivity contribution is 5.18. The Labute approximate surface area is 121 Å². The molecule has 6 heteroatoms. The molecule has 1 aromatic heterocycles. The number of rotatable bonds is 4. The van der Waals surface area contributed by atoms with Gasteiger partial charge in [0, 0.05) is 44.4 Å². The topological polar surface area (TPSA) is 32.5 Å². The molecule has 0 N–H and O–H groups in total. The van der Waals surface area contributed by atoms with Crippen molar-refractivity contribution in [2.24, 2.45) is 0 Å².